The number of benzene rings is 1. The Labute approximate surface area is 118 Å². The Morgan fingerprint density at radius 2 is 2.15 bits per heavy atom. The molecule has 5 heteroatoms. The van der Waals surface area contributed by atoms with Gasteiger partial charge in [0.2, 0.25) is 5.91 Å². The van der Waals surface area contributed by atoms with E-state index in [-0.39, 0.29) is 12.5 Å². The molecule has 2 N–H and O–H groups in total. The van der Waals surface area contributed by atoms with Crippen molar-refractivity contribution in [2.24, 2.45) is 0 Å². The molecule has 0 bridgehead atoms. The molecule has 1 aromatic heterocycles. The van der Waals surface area contributed by atoms with Crippen LogP contribution in [0.4, 0.5) is 0 Å². The van der Waals surface area contributed by atoms with Crippen molar-refractivity contribution in [3.05, 3.63) is 35.6 Å². The molecule has 0 aliphatic rings. The van der Waals surface area contributed by atoms with Crippen LogP contribution in [0.2, 0.25) is 0 Å². The fraction of sp³-hybridized carbons (Fsp3) is 0.400. The van der Waals surface area contributed by atoms with Crippen LogP contribution in [0, 0.1) is 6.92 Å². The van der Waals surface area contributed by atoms with Crippen LogP contribution in [0.5, 0.6) is 0 Å². The molecular formula is C15H20N2O3. The van der Waals surface area contributed by atoms with Crippen molar-refractivity contribution in [1.82, 2.24) is 10.6 Å². The third kappa shape index (κ3) is 3.59. The monoisotopic (exact) mass is 276 g/mol. The Kier molecular flexibility index (Phi) is 5.15. The molecule has 1 aromatic carbocycles. The van der Waals surface area contributed by atoms with E-state index in [1.807, 2.05) is 31.2 Å². The average molecular weight is 276 g/mol. The third-order valence-corrected chi connectivity index (χ3v) is 3.12. The smallest absolute Gasteiger partial charge is 0.234 e. The van der Waals surface area contributed by atoms with E-state index >= 15 is 0 Å². The summed E-state index contributed by atoms with van der Waals surface area (Å²) >= 11 is 0. The second kappa shape index (κ2) is 7.07. The van der Waals surface area contributed by atoms with Crippen molar-refractivity contribution >= 4 is 16.9 Å². The first-order valence-electron chi connectivity index (χ1n) is 6.65. The van der Waals surface area contributed by atoms with Gasteiger partial charge in [-0.3, -0.25) is 4.79 Å². The molecule has 108 valence electrons. The van der Waals surface area contributed by atoms with Crippen molar-refractivity contribution in [2.45, 2.75) is 13.5 Å². The molecule has 0 spiro atoms. The van der Waals surface area contributed by atoms with E-state index in [0.717, 1.165) is 22.3 Å². The minimum atomic E-state index is -0.0347. The zero-order valence-electron chi connectivity index (χ0n) is 11.9. The lowest BCUT2D eigenvalue weighted by Gasteiger charge is -2.06. The van der Waals surface area contributed by atoms with Crippen molar-refractivity contribution in [2.75, 3.05) is 26.8 Å². The number of fused-ring (bicyclic) bond motifs is 1. The number of furan rings is 1. The Morgan fingerprint density at radius 3 is 2.95 bits per heavy atom. The van der Waals surface area contributed by atoms with Crippen molar-refractivity contribution in [3.63, 3.8) is 0 Å². The van der Waals surface area contributed by atoms with E-state index in [0.29, 0.717) is 19.7 Å². The van der Waals surface area contributed by atoms with E-state index in [2.05, 4.69) is 10.6 Å². The quantitative estimate of drug-likeness (QED) is 0.754. The number of amides is 1. The van der Waals surface area contributed by atoms with E-state index in [1.54, 1.807) is 7.11 Å². The van der Waals surface area contributed by atoms with E-state index in [1.165, 1.54) is 0 Å². The van der Waals surface area contributed by atoms with Gasteiger partial charge in [-0.25, -0.2) is 0 Å². The van der Waals surface area contributed by atoms with Crippen LogP contribution in [0.25, 0.3) is 11.0 Å². The lowest BCUT2D eigenvalue weighted by molar-refractivity contribution is -0.120. The van der Waals surface area contributed by atoms with E-state index < -0.39 is 0 Å². The minimum Gasteiger partial charge on any atom is -0.461 e. The number of para-hydroxylation sites is 1. The molecule has 5 nitrogen and oxygen atoms in total. The zero-order chi connectivity index (χ0) is 14.4. The van der Waals surface area contributed by atoms with Crippen LogP contribution in [0.3, 0.4) is 0 Å². The largest absolute Gasteiger partial charge is 0.461 e. The van der Waals surface area contributed by atoms with Crippen LogP contribution in [-0.4, -0.2) is 32.7 Å². The number of methoxy groups -OCH3 is 1. The number of rotatable bonds is 7. The third-order valence-electron chi connectivity index (χ3n) is 3.12. The fourth-order valence-electron chi connectivity index (χ4n) is 2.10. The first kappa shape index (κ1) is 14.6. The number of hydrogen-bond donors (Lipinski definition) is 2. The topological polar surface area (TPSA) is 63.5 Å². The number of nitrogens with one attached hydrogen (secondary N) is 2. The van der Waals surface area contributed by atoms with Gasteiger partial charge in [0, 0.05) is 31.1 Å². The molecule has 0 saturated carbocycles. The van der Waals surface area contributed by atoms with Gasteiger partial charge in [-0.1, -0.05) is 18.2 Å². The van der Waals surface area contributed by atoms with Crippen molar-refractivity contribution < 1.29 is 13.9 Å². The molecule has 0 unspecified atom stereocenters. The van der Waals surface area contributed by atoms with Gasteiger partial charge in [-0.2, -0.15) is 0 Å². The van der Waals surface area contributed by atoms with Gasteiger partial charge in [0.25, 0.3) is 0 Å². The summed E-state index contributed by atoms with van der Waals surface area (Å²) in [5, 5.41) is 6.99. The summed E-state index contributed by atoms with van der Waals surface area (Å²) in [5.41, 5.74) is 1.98. The van der Waals surface area contributed by atoms with E-state index in [4.69, 9.17) is 9.15 Å². The van der Waals surface area contributed by atoms with Gasteiger partial charge in [-0.15, -0.1) is 0 Å². The molecule has 1 heterocycles. The summed E-state index contributed by atoms with van der Waals surface area (Å²) in [4.78, 5) is 11.5. The molecule has 0 atom stereocenters. The zero-order valence-corrected chi connectivity index (χ0v) is 11.9. The second-order valence-corrected chi connectivity index (χ2v) is 4.58. The van der Waals surface area contributed by atoms with Crippen molar-refractivity contribution in [1.29, 1.82) is 0 Å². The first-order chi connectivity index (χ1) is 9.72. The highest BCUT2D eigenvalue weighted by molar-refractivity contribution is 5.82. The van der Waals surface area contributed by atoms with Crippen LogP contribution in [-0.2, 0) is 16.1 Å². The molecule has 0 fully saturated rings. The van der Waals surface area contributed by atoms with Gasteiger partial charge >= 0.3 is 0 Å². The second-order valence-electron chi connectivity index (χ2n) is 4.58. The molecule has 0 aliphatic heterocycles. The maximum atomic E-state index is 11.5. The molecular weight excluding hydrogens is 256 g/mol. The molecule has 0 aliphatic carbocycles. The molecule has 2 aromatic rings. The number of aryl methyl sites for hydroxylation is 1. The van der Waals surface area contributed by atoms with Crippen molar-refractivity contribution in [3.8, 4) is 0 Å². The molecule has 0 radical (unpaired) electrons. The lowest BCUT2D eigenvalue weighted by atomic mass is 10.1. The summed E-state index contributed by atoms with van der Waals surface area (Å²) < 4.78 is 10.6. The molecule has 1 amide bonds. The highest BCUT2D eigenvalue weighted by Crippen LogP contribution is 2.24. The van der Waals surface area contributed by atoms with Gasteiger partial charge in [0.05, 0.1) is 13.2 Å². The Balaban J connectivity index is 1.87. The Hall–Kier alpha value is -1.85. The maximum absolute atomic E-state index is 11.5. The van der Waals surface area contributed by atoms with Gasteiger partial charge in [0.15, 0.2) is 0 Å². The highest BCUT2D eigenvalue weighted by atomic mass is 16.5. The van der Waals surface area contributed by atoms with E-state index in [9.17, 15) is 4.79 Å². The van der Waals surface area contributed by atoms with Gasteiger partial charge in [0.1, 0.15) is 11.3 Å². The maximum Gasteiger partial charge on any atom is 0.234 e. The van der Waals surface area contributed by atoms with Crippen LogP contribution >= 0.6 is 0 Å². The fourth-order valence-corrected chi connectivity index (χ4v) is 2.10. The number of ether oxygens (including phenoxy) is 1. The van der Waals surface area contributed by atoms with Crippen LogP contribution in [0.1, 0.15) is 11.3 Å². The summed E-state index contributed by atoms with van der Waals surface area (Å²) in [6, 6.07) is 7.91. The normalized spacial score (nSPS) is 10.9. The summed E-state index contributed by atoms with van der Waals surface area (Å²) in [6.07, 6.45) is 0. The van der Waals surface area contributed by atoms with Gasteiger partial charge in [-0.05, 0) is 13.0 Å². The van der Waals surface area contributed by atoms with Crippen LogP contribution in [0.15, 0.2) is 28.7 Å². The average Bonchev–Trinajstić information content (AvgIpc) is 2.75. The number of carbonyl (C=O) groups is 1. The predicted molar refractivity (Wildman–Crippen MR) is 77.5 cm³/mol. The Bertz CT molecular complexity index is 578. The first-order valence-corrected chi connectivity index (χ1v) is 6.65. The SMILES string of the molecule is COCCNC(=O)CNCc1c(C)oc2ccccc12. The number of carbonyl (C=O) groups excluding carboxylic acids is 1. The standard InChI is InChI=1S/C15H20N2O3/c1-11-13(12-5-3-4-6-14(12)20-11)9-16-10-15(18)17-7-8-19-2/h3-6,16H,7-10H2,1-2H3,(H,17,18). The van der Waals surface area contributed by atoms with Crippen LogP contribution < -0.4 is 10.6 Å². The summed E-state index contributed by atoms with van der Waals surface area (Å²) in [7, 11) is 1.61. The highest BCUT2D eigenvalue weighted by Gasteiger charge is 2.10. The summed E-state index contributed by atoms with van der Waals surface area (Å²) in [5.74, 6) is 0.853. The molecule has 0 saturated heterocycles. The predicted octanol–water partition coefficient (Wildman–Crippen LogP) is 1.59. The van der Waals surface area contributed by atoms with Gasteiger partial charge < -0.3 is 19.8 Å². The Morgan fingerprint density at radius 1 is 1.35 bits per heavy atom. The molecule has 2 rings (SSSR count). The minimum absolute atomic E-state index is 0.0347. The lowest BCUT2D eigenvalue weighted by Crippen LogP contribution is -2.35. The summed E-state index contributed by atoms with van der Waals surface area (Å²) in [6.45, 7) is 3.89. The molecule has 20 heavy (non-hydrogen) atoms. The number of hydrogen-bond acceptors (Lipinski definition) is 4.